The molecule has 0 aromatic heterocycles. The number of nitriles is 1. The lowest BCUT2D eigenvalue weighted by Crippen LogP contribution is -2.26. The molecule has 4 amide bonds. The zero-order valence-corrected chi connectivity index (χ0v) is 49.9. The highest BCUT2D eigenvalue weighted by Crippen LogP contribution is 2.40. The molecule has 3 heterocycles. The molecule has 378 valence electrons. The number of nitrogens with zero attached hydrogens (tertiary/aromatic N) is 2. The smallest absolute Gasteiger partial charge is 0.256 e. The second kappa shape index (κ2) is 24.2. The molecule has 0 aliphatic carbocycles. The molecule has 10 rings (SSSR count). The first-order valence-corrected chi connectivity index (χ1v) is 27.8. The number of aliphatic hydroxyl groups excluding tert-OH is 1. The largest absolute Gasteiger partial charge is 0.395 e. The Hall–Kier alpha value is -6.54. The van der Waals surface area contributed by atoms with Crippen molar-refractivity contribution >= 4 is 177 Å². The third kappa shape index (κ3) is 12.3. The molecular weight excluding hydrogens is 1350 g/mol. The molecule has 11 nitrogen and oxygen atoms in total. The fourth-order valence-electron chi connectivity index (χ4n) is 8.22. The minimum absolute atomic E-state index is 0.126. The van der Waals surface area contributed by atoms with Crippen molar-refractivity contribution in [1.82, 2.24) is 5.32 Å². The lowest BCUT2D eigenvalue weighted by molar-refractivity contribution is -0.111. The second-order valence-corrected chi connectivity index (χ2v) is 22.5. The van der Waals surface area contributed by atoms with E-state index in [1.807, 2.05) is 112 Å². The number of hydrogen-bond donors (Lipinski definition) is 5. The SMILES string of the molecule is Cc1c(Br)cc(C=C2C(=O)Nc3ccc(-c4ccccc4C#N)cc32)cc1Br.Cc1c(Br)cc(C=C2C(=O)Nc3ccc(C(=O)NCCO)cc32)cc1Br.[C-]#[N+]c1ccc2c(c1)NC(=O)C2=Cc1cc(Br)c(C)c(Br)c1. The Kier molecular flexibility index (Phi) is 17.7. The van der Waals surface area contributed by atoms with Gasteiger partial charge in [-0.25, -0.2) is 4.85 Å². The van der Waals surface area contributed by atoms with E-state index in [9.17, 15) is 24.4 Å². The molecule has 3 aliphatic rings. The Bertz CT molecular complexity index is 3730. The molecule has 7 aromatic rings. The summed E-state index contributed by atoms with van der Waals surface area (Å²) in [7, 11) is 0. The van der Waals surface area contributed by atoms with E-state index < -0.39 is 0 Å². The standard InChI is InChI=1S/C23H14Br2N2O.C19H16Br2N2O3.C17H10Br2N2O/c1-13-20(24)9-14(10-21(13)25)8-19-18-11-15(6-7-22(18)27-23(19)28)17-5-3-2-4-16(17)12-26;1-10-15(20)7-11(8-16(10)21)6-14-13-9-12(18(25)22-4-5-24)2-3-17(13)23-19(14)26;1-9-14(18)6-10(7-15(9)19)5-13-12-4-3-11(20-2)8-16(12)21-17(13)22/h2-11H,1H3,(H,27,28);2-3,6-9,24H,4-5H2,1H3,(H,22,25)(H,23,26);3-8H,1H3,(H,21,22). The number of hydrogen-bond acceptors (Lipinski definition) is 6. The highest BCUT2D eigenvalue weighted by atomic mass is 79.9. The predicted molar refractivity (Wildman–Crippen MR) is 324 cm³/mol. The Balaban J connectivity index is 0.000000152. The second-order valence-electron chi connectivity index (χ2n) is 17.4. The predicted octanol–water partition coefficient (Wildman–Crippen LogP) is 15.8. The van der Waals surface area contributed by atoms with Gasteiger partial charge in [-0.2, -0.15) is 5.26 Å². The molecule has 0 atom stereocenters. The maximum absolute atomic E-state index is 12.6. The number of rotatable bonds is 7. The number of carbonyl (C=O) groups is 4. The van der Waals surface area contributed by atoms with Gasteiger partial charge in [-0.05, 0) is 162 Å². The van der Waals surface area contributed by atoms with Crippen molar-refractivity contribution < 1.29 is 24.3 Å². The fourth-order valence-corrected chi connectivity index (χ4v) is 11.9. The summed E-state index contributed by atoms with van der Waals surface area (Å²) in [5, 5.41) is 29.4. The number of nitrogens with one attached hydrogen (secondary N) is 4. The number of benzene rings is 7. The van der Waals surface area contributed by atoms with Gasteiger partial charge in [-0.1, -0.05) is 132 Å². The van der Waals surface area contributed by atoms with Crippen molar-refractivity contribution in [3.8, 4) is 17.2 Å². The van der Waals surface area contributed by atoms with Crippen LogP contribution in [0.5, 0.6) is 0 Å². The summed E-state index contributed by atoms with van der Waals surface area (Å²) in [5.74, 6) is -0.777. The molecule has 0 bridgehead atoms. The quantitative estimate of drug-likeness (QED) is 0.0787. The van der Waals surface area contributed by atoms with Crippen LogP contribution in [0.1, 0.15) is 66.0 Å². The van der Waals surface area contributed by atoms with E-state index in [0.29, 0.717) is 50.5 Å². The van der Waals surface area contributed by atoms with Crippen molar-refractivity contribution in [3.63, 3.8) is 0 Å². The number of aliphatic hydroxyl groups is 1. The number of halogens is 6. The Morgan fingerprint density at radius 1 is 0.579 bits per heavy atom. The molecule has 5 N–H and O–H groups in total. The van der Waals surface area contributed by atoms with E-state index in [2.05, 4.69) is 128 Å². The van der Waals surface area contributed by atoms with Crippen LogP contribution in [0.2, 0.25) is 0 Å². The summed E-state index contributed by atoms with van der Waals surface area (Å²) in [6.45, 7) is 13.1. The third-order valence-electron chi connectivity index (χ3n) is 12.4. The number of anilines is 3. The molecular formula is C59H40Br6N6O5. The van der Waals surface area contributed by atoms with Crippen molar-refractivity contribution in [1.29, 1.82) is 5.26 Å². The highest BCUT2D eigenvalue weighted by Gasteiger charge is 2.28. The van der Waals surface area contributed by atoms with Crippen LogP contribution in [-0.4, -0.2) is 41.9 Å². The minimum atomic E-state index is -0.290. The Morgan fingerprint density at radius 2 is 1.03 bits per heavy atom. The zero-order valence-electron chi connectivity index (χ0n) is 40.4. The van der Waals surface area contributed by atoms with Crippen LogP contribution in [0.4, 0.5) is 22.7 Å². The topological polar surface area (TPSA) is 165 Å². The molecule has 3 aliphatic heterocycles. The zero-order chi connectivity index (χ0) is 54.5. The van der Waals surface area contributed by atoms with Crippen LogP contribution in [0, 0.1) is 38.7 Å². The van der Waals surface area contributed by atoms with Gasteiger partial charge in [-0.15, -0.1) is 0 Å². The third-order valence-corrected chi connectivity index (χ3v) is 17.3. The summed E-state index contributed by atoms with van der Waals surface area (Å²) in [5.41, 5.74) is 15.5. The van der Waals surface area contributed by atoms with E-state index in [-0.39, 0.29) is 36.8 Å². The summed E-state index contributed by atoms with van der Waals surface area (Å²) < 4.78 is 5.79. The Labute approximate surface area is 489 Å². The first-order chi connectivity index (χ1) is 36.4. The van der Waals surface area contributed by atoms with E-state index in [0.717, 1.165) is 88.2 Å². The maximum atomic E-state index is 12.6. The summed E-state index contributed by atoms with van der Waals surface area (Å²) in [6.07, 6.45) is 5.54. The monoisotopic (exact) mass is 1390 g/mol. The fraction of sp³-hybridized carbons (Fsp3) is 0.0847. The number of carbonyl (C=O) groups excluding carboxylic acids is 4. The number of amides is 4. The molecule has 0 saturated heterocycles. The first kappa shape index (κ1) is 55.7. The molecule has 0 saturated carbocycles. The van der Waals surface area contributed by atoms with Crippen molar-refractivity contribution in [2.75, 3.05) is 29.1 Å². The van der Waals surface area contributed by atoms with Crippen LogP contribution in [0.15, 0.2) is 142 Å². The van der Waals surface area contributed by atoms with E-state index in [1.54, 1.807) is 42.5 Å². The summed E-state index contributed by atoms with van der Waals surface area (Å²) >= 11 is 21.2. The Morgan fingerprint density at radius 3 is 1.50 bits per heavy atom. The normalized spacial score (nSPS) is 14.3. The van der Waals surface area contributed by atoms with Gasteiger partial charge in [-0.3, -0.25) is 19.2 Å². The molecule has 7 aromatic carbocycles. The molecule has 17 heteroatoms. The maximum Gasteiger partial charge on any atom is 0.256 e. The van der Waals surface area contributed by atoms with Crippen LogP contribution in [0.25, 0.3) is 50.9 Å². The van der Waals surface area contributed by atoms with E-state index in [1.165, 1.54) is 0 Å². The van der Waals surface area contributed by atoms with Crippen LogP contribution >= 0.6 is 95.6 Å². The van der Waals surface area contributed by atoms with Crippen molar-refractivity contribution in [2.45, 2.75) is 20.8 Å². The number of fused-ring (bicyclic) bond motifs is 3. The van der Waals surface area contributed by atoms with E-state index >= 15 is 0 Å². The van der Waals surface area contributed by atoms with Crippen molar-refractivity contribution in [3.05, 3.63) is 215 Å². The molecule has 0 radical (unpaired) electrons. The average Bonchev–Trinajstić information content (AvgIpc) is 4.06. The van der Waals surface area contributed by atoms with Crippen LogP contribution in [-0.2, 0) is 14.4 Å². The van der Waals surface area contributed by atoms with Crippen LogP contribution in [0.3, 0.4) is 0 Å². The summed E-state index contributed by atoms with van der Waals surface area (Å²) in [6, 6.07) is 37.6. The van der Waals surface area contributed by atoms with Gasteiger partial charge in [0.15, 0.2) is 5.69 Å². The van der Waals surface area contributed by atoms with Gasteiger partial charge in [0.25, 0.3) is 23.6 Å². The molecule has 0 spiro atoms. The lowest BCUT2D eigenvalue weighted by Gasteiger charge is -2.07. The molecule has 0 fully saturated rings. The first-order valence-electron chi connectivity index (χ1n) is 23.0. The molecule has 0 unspecified atom stereocenters. The van der Waals surface area contributed by atoms with Gasteiger partial charge < -0.3 is 26.4 Å². The molecule has 76 heavy (non-hydrogen) atoms. The minimum Gasteiger partial charge on any atom is -0.395 e. The van der Waals surface area contributed by atoms with Gasteiger partial charge >= 0.3 is 0 Å². The average molecular weight is 1390 g/mol. The van der Waals surface area contributed by atoms with Gasteiger partial charge in [0.2, 0.25) is 0 Å². The lowest BCUT2D eigenvalue weighted by atomic mass is 9.96. The van der Waals surface area contributed by atoms with Gasteiger partial charge in [0.1, 0.15) is 0 Å². The van der Waals surface area contributed by atoms with Gasteiger partial charge in [0, 0.05) is 89.4 Å². The van der Waals surface area contributed by atoms with Gasteiger partial charge in [0.05, 0.1) is 24.8 Å². The summed E-state index contributed by atoms with van der Waals surface area (Å²) in [4.78, 5) is 52.7. The van der Waals surface area contributed by atoms with Crippen molar-refractivity contribution in [2.24, 2.45) is 0 Å². The highest BCUT2D eigenvalue weighted by molar-refractivity contribution is 9.11. The van der Waals surface area contributed by atoms with E-state index in [4.69, 9.17) is 11.7 Å². The van der Waals surface area contributed by atoms with Crippen LogP contribution < -0.4 is 21.3 Å².